The van der Waals surface area contributed by atoms with Crippen LogP contribution in [-0.4, -0.2) is 31.1 Å². The van der Waals surface area contributed by atoms with Crippen molar-refractivity contribution in [2.75, 3.05) is 26.2 Å². The molecule has 0 unspecified atom stereocenters. The zero-order valence-corrected chi connectivity index (χ0v) is 7.71. The van der Waals surface area contributed by atoms with Crippen molar-refractivity contribution < 1.29 is 0 Å². The van der Waals surface area contributed by atoms with Gasteiger partial charge in [0.05, 0.1) is 0 Å². The van der Waals surface area contributed by atoms with E-state index in [0.29, 0.717) is 0 Å². The summed E-state index contributed by atoms with van der Waals surface area (Å²) in [5.41, 5.74) is 5.56. The zero-order chi connectivity index (χ0) is 8.27. The molecule has 2 heteroatoms. The largest absolute Gasteiger partial charge is 0.330 e. The molecule has 0 amide bonds. The van der Waals surface area contributed by atoms with E-state index in [2.05, 4.69) is 18.7 Å². The van der Waals surface area contributed by atoms with Crippen molar-refractivity contribution in [1.29, 1.82) is 0 Å². The van der Waals surface area contributed by atoms with Gasteiger partial charge >= 0.3 is 0 Å². The smallest absolute Gasteiger partial charge is 0.00127 e. The molecule has 0 aromatic heterocycles. The molecule has 0 aromatic rings. The number of hydrogen-bond donors (Lipinski definition) is 1. The van der Waals surface area contributed by atoms with Gasteiger partial charge in [-0.05, 0) is 37.9 Å². The Labute approximate surface area is 69.8 Å². The van der Waals surface area contributed by atoms with Crippen molar-refractivity contribution in [2.24, 2.45) is 17.6 Å². The summed E-state index contributed by atoms with van der Waals surface area (Å²) in [7, 11) is 0. The van der Waals surface area contributed by atoms with Crippen molar-refractivity contribution in [2.45, 2.75) is 20.3 Å². The maximum Gasteiger partial charge on any atom is 0.00127 e. The Morgan fingerprint density at radius 2 is 1.91 bits per heavy atom. The molecule has 11 heavy (non-hydrogen) atoms. The molecule has 0 aromatic carbocycles. The predicted octanol–water partition coefficient (Wildman–Crippen LogP) is 0.923. The summed E-state index contributed by atoms with van der Waals surface area (Å²) in [5.74, 6) is 1.76. The van der Waals surface area contributed by atoms with Crippen LogP contribution in [0.3, 0.4) is 0 Å². The molecule has 0 radical (unpaired) electrons. The summed E-state index contributed by atoms with van der Waals surface area (Å²) >= 11 is 0. The molecule has 2 nitrogen and oxygen atoms in total. The summed E-state index contributed by atoms with van der Waals surface area (Å²) in [4.78, 5) is 2.49. The lowest BCUT2D eigenvalue weighted by atomic mass is 10.3. The van der Waals surface area contributed by atoms with Crippen LogP contribution in [0, 0.1) is 11.8 Å². The number of hydrogen-bond acceptors (Lipinski definition) is 2. The Balaban J connectivity index is 2.11. The first kappa shape index (κ1) is 9.01. The topological polar surface area (TPSA) is 29.3 Å². The summed E-state index contributed by atoms with van der Waals surface area (Å²) in [5, 5.41) is 0. The standard InChI is InChI=1S/C9H20N2/c1-3-11(4-2)7-9-5-8(9)6-10/h8-9H,3-7,10H2,1-2H3/t8-,9+/m1/s1. The first-order valence-electron chi connectivity index (χ1n) is 4.74. The first-order valence-corrected chi connectivity index (χ1v) is 4.74. The molecule has 1 aliphatic rings. The van der Waals surface area contributed by atoms with E-state index >= 15 is 0 Å². The molecule has 0 aliphatic heterocycles. The van der Waals surface area contributed by atoms with Crippen LogP contribution in [0.25, 0.3) is 0 Å². The van der Waals surface area contributed by atoms with Crippen LogP contribution in [-0.2, 0) is 0 Å². The molecular weight excluding hydrogens is 136 g/mol. The Bertz CT molecular complexity index is 110. The van der Waals surface area contributed by atoms with Gasteiger partial charge in [-0.15, -0.1) is 0 Å². The van der Waals surface area contributed by atoms with Crippen LogP contribution in [0.4, 0.5) is 0 Å². The first-order chi connectivity index (χ1) is 5.31. The predicted molar refractivity (Wildman–Crippen MR) is 48.4 cm³/mol. The van der Waals surface area contributed by atoms with E-state index in [1.165, 1.54) is 26.1 Å². The third-order valence-corrected chi connectivity index (χ3v) is 2.76. The Kier molecular flexibility index (Phi) is 3.34. The van der Waals surface area contributed by atoms with Crippen molar-refractivity contribution in [1.82, 2.24) is 4.90 Å². The van der Waals surface area contributed by atoms with E-state index in [1.54, 1.807) is 0 Å². The van der Waals surface area contributed by atoms with Crippen LogP contribution in [0.1, 0.15) is 20.3 Å². The quantitative estimate of drug-likeness (QED) is 0.641. The average molecular weight is 156 g/mol. The third-order valence-electron chi connectivity index (χ3n) is 2.76. The lowest BCUT2D eigenvalue weighted by Gasteiger charge is -2.17. The number of nitrogens with two attached hydrogens (primary N) is 1. The Morgan fingerprint density at radius 1 is 1.27 bits per heavy atom. The fraction of sp³-hybridized carbons (Fsp3) is 1.00. The third kappa shape index (κ3) is 2.46. The molecule has 0 saturated heterocycles. The van der Waals surface area contributed by atoms with E-state index in [0.717, 1.165) is 18.4 Å². The van der Waals surface area contributed by atoms with Crippen LogP contribution in [0.5, 0.6) is 0 Å². The van der Waals surface area contributed by atoms with E-state index < -0.39 is 0 Å². The van der Waals surface area contributed by atoms with Gasteiger partial charge < -0.3 is 10.6 Å². The highest BCUT2D eigenvalue weighted by Crippen LogP contribution is 2.37. The monoisotopic (exact) mass is 156 g/mol. The van der Waals surface area contributed by atoms with Gasteiger partial charge in [0.25, 0.3) is 0 Å². The molecule has 1 rings (SSSR count). The van der Waals surface area contributed by atoms with E-state index in [-0.39, 0.29) is 0 Å². The fourth-order valence-corrected chi connectivity index (χ4v) is 1.64. The minimum Gasteiger partial charge on any atom is -0.330 e. The average Bonchev–Trinajstić information content (AvgIpc) is 2.78. The van der Waals surface area contributed by atoms with E-state index in [1.807, 2.05) is 0 Å². The van der Waals surface area contributed by atoms with Gasteiger partial charge in [0.1, 0.15) is 0 Å². The molecule has 2 N–H and O–H groups in total. The van der Waals surface area contributed by atoms with Crippen LogP contribution in [0.15, 0.2) is 0 Å². The van der Waals surface area contributed by atoms with E-state index in [4.69, 9.17) is 5.73 Å². The summed E-state index contributed by atoms with van der Waals surface area (Å²) in [6.07, 6.45) is 1.37. The molecule has 0 spiro atoms. The molecule has 1 fully saturated rings. The Hall–Kier alpha value is -0.0800. The molecular formula is C9H20N2. The van der Waals surface area contributed by atoms with Gasteiger partial charge in [-0.1, -0.05) is 13.8 Å². The minimum absolute atomic E-state index is 0.843. The van der Waals surface area contributed by atoms with Crippen LogP contribution < -0.4 is 5.73 Å². The number of nitrogens with zero attached hydrogens (tertiary/aromatic N) is 1. The van der Waals surface area contributed by atoms with Gasteiger partial charge in [0, 0.05) is 6.54 Å². The molecule has 66 valence electrons. The summed E-state index contributed by atoms with van der Waals surface area (Å²) < 4.78 is 0. The van der Waals surface area contributed by atoms with Crippen molar-refractivity contribution in [3.05, 3.63) is 0 Å². The SMILES string of the molecule is CCN(CC)C[C@@H]1C[C@@H]1CN. The van der Waals surface area contributed by atoms with Crippen molar-refractivity contribution >= 4 is 0 Å². The molecule has 0 heterocycles. The fourth-order valence-electron chi connectivity index (χ4n) is 1.64. The molecule has 1 aliphatic carbocycles. The maximum absolute atomic E-state index is 5.56. The summed E-state index contributed by atoms with van der Waals surface area (Å²) in [6, 6.07) is 0. The number of rotatable bonds is 5. The van der Waals surface area contributed by atoms with Gasteiger partial charge in [-0.2, -0.15) is 0 Å². The van der Waals surface area contributed by atoms with Crippen LogP contribution in [0.2, 0.25) is 0 Å². The lowest BCUT2D eigenvalue weighted by Crippen LogP contribution is -2.26. The van der Waals surface area contributed by atoms with Crippen LogP contribution >= 0.6 is 0 Å². The summed E-state index contributed by atoms with van der Waals surface area (Å²) in [6.45, 7) is 8.99. The normalized spacial score (nSPS) is 29.5. The van der Waals surface area contributed by atoms with Gasteiger partial charge in [-0.3, -0.25) is 0 Å². The molecule has 2 atom stereocenters. The second-order valence-electron chi connectivity index (χ2n) is 3.48. The van der Waals surface area contributed by atoms with Gasteiger partial charge in [-0.25, -0.2) is 0 Å². The highest BCUT2D eigenvalue weighted by Gasteiger charge is 2.35. The second kappa shape index (κ2) is 4.07. The highest BCUT2D eigenvalue weighted by molar-refractivity contribution is 4.88. The molecule has 1 saturated carbocycles. The van der Waals surface area contributed by atoms with Gasteiger partial charge in [0.15, 0.2) is 0 Å². The Morgan fingerprint density at radius 3 is 2.27 bits per heavy atom. The maximum atomic E-state index is 5.56. The minimum atomic E-state index is 0.843. The lowest BCUT2D eigenvalue weighted by molar-refractivity contribution is 0.286. The zero-order valence-electron chi connectivity index (χ0n) is 7.71. The van der Waals surface area contributed by atoms with Gasteiger partial charge in [0.2, 0.25) is 0 Å². The second-order valence-corrected chi connectivity index (χ2v) is 3.48. The highest BCUT2D eigenvalue weighted by atomic mass is 15.1. The van der Waals surface area contributed by atoms with Crippen molar-refractivity contribution in [3.63, 3.8) is 0 Å². The van der Waals surface area contributed by atoms with Crippen molar-refractivity contribution in [3.8, 4) is 0 Å². The molecule has 0 bridgehead atoms. The van der Waals surface area contributed by atoms with E-state index in [9.17, 15) is 0 Å².